The van der Waals surface area contributed by atoms with Crippen LogP contribution < -0.4 is 0 Å². The van der Waals surface area contributed by atoms with E-state index < -0.39 is 216 Å². The van der Waals surface area contributed by atoms with Gasteiger partial charge >= 0.3 is 26.8 Å². The molecule has 10 aliphatic rings. The Balaban J connectivity index is 0.916. The first kappa shape index (κ1) is 72.8. The fraction of sp³-hybridized carbons (Fsp3) is 0.949. The summed E-state index contributed by atoms with van der Waals surface area (Å²) in [5.74, 6) is 0.635. The van der Waals surface area contributed by atoms with Gasteiger partial charge in [0.15, 0.2) is 31.5 Å². The number of rotatable bonds is 21. The molecule has 3 saturated carbocycles. The second-order valence-electron chi connectivity index (χ2n) is 28.7. The van der Waals surface area contributed by atoms with E-state index in [1.165, 1.54) is 12.5 Å². The van der Waals surface area contributed by atoms with E-state index in [4.69, 9.17) is 61.0 Å². The number of carbonyl (C=O) groups is 1. The third kappa shape index (κ3) is 13.4. The summed E-state index contributed by atoms with van der Waals surface area (Å²) in [4.78, 5) is 14.5. The number of ether oxygens (including phenoxy) is 12. The molecule has 4 aliphatic carbocycles. The molecule has 0 bridgehead atoms. The first-order chi connectivity index (χ1) is 42.9. The molecule has 10 rings (SSSR count). The molecule has 1 spiro atoms. The minimum atomic E-state index is -5.29. The summed E-state index contributed by atoms with van der Waals surface area (Å²) >= 11 is 0. The largest absolute Gasteiger partial charge is 0.459 e. The molecule has 0 aromatic heterocycles. The Hall–Kier alpha value is -1.89. The van der Waals surface area contributed by atoms with Crippen molar-refractivity contribution in [2.75, 3.05) is 33.5 Å². The first-order valence-electron chi connectivity index (χ1n) is 31.9. The lowest BCUT2D eigenvalue weighted by atomic mass is 9.41. The van der Waals surface area contributed by atoms with Crippen molar-refractivity contribution < 1.29 is 147 Å². The SMILES string of the molecule is CO[C@@H]1[C@@H](O)[C@H](O[C@@H]2[C@@H](O)[C@H](O[C@H]3[C@H](O)[C@@H](O[C@@H]4OC[C@@H](O)[C@H](O)[C@H]4O)[C@H](O[C@H]4[C@H](O[C@H]5CC[C@@]6(C)[C@H](CC=C7[C@@H]6CC[C@]68C(=O)O[C@@](C)(CCCC(C)C)[C@H]6CC[C@@]78C)C5(C)C)OC[C@@H](OS(=O)(=O)O)[C@@H]4O)O[C@@H]3C)O[C@H](COS(=O)(=O)O)[C@H]2O)O[C@H](CO)[C@H]1O. The zero-order valence-electron chi connectivity index (χ0n) is 53.1. The molecule has 530 valence electrons. The fourth-order valence-electron chi connectivity index (χ4n) is 17.7. The predicted molar refractivity (Wildman–Crippen MR) is 308 cm³/mol. The van der Waals surface area contributed by atoms with Gasteiger partial charge in [-0.25, -0.2) is 8.37 Å². The van der Waals surface area contributed by atoms with E-state index in [9.17, 15) is 81.8 Å². The van der Waals surface area contributed by atoms with E-state index in [2.05, 4.69) is 58.7 Å². The number of esters is 1. The Labute approximate surface area is 535 Å². The molecule has 31 nitrogen and oxygen atoms in total. The van der Waals surface area contributed by atoms with Crippen LogP contribution in [0.4, 0.5) is 0 Å². The van der Waals surface area contributed by atoms with Crippen molar-refractivity contribution in [1.82, 2.24) is 0 Å². The molecule has 0 amide bonds. The van der Waals surface area contributed by atoms with Crippen LogP contribution in [0.2, 0.25) is 0 Å². The Bertz CT molecular complexity index is 2830. The molecule has 6 heterocycles. The van der Waals surface area contributed by atoms with Crippen molar-refractivity contribution in [1.29, 1.82) is 0 Å². The summed E-state index contributed by atoms with van der Waals surface area (Å²) < 4.78 is 150. The summed E-state index contributed by atoms with van der Waals surface area (Å²) in [6.45, 7) is 13.2. The smallest absolute Gasteiger partial charge is 0.397 e. The molecule has 0 radical (unpaired) electrons. The highest BCUT2D eigenvalue weighted by Gasteiger charge is 2.76. The summed E-state index contributed by atoms with van der Waals surface area (Å²) in [5, 5.41) is 112. The number of hydrogen-bond donors (Lipinski definition) is 12. The van der Waals surface area contributed by atoms with Gasteiger partial charge in [-0.05, 0) is 100 Å². The van der Waals surface area contributed by atoms with E-state index in [1.807, 2.05) is 0 Å². The Morgan fingerprint density at radius 3 is 1.90 bits per heavy atom. The zero-order valence-corrected chi connectivity index (χ0v) is 54.7. The lowest BCUT2D eigenvalue weighted by Gasteiger charge is -2.64. The van der Waals surface area contributed by atoms with Gasteiger partial charge in [0.25, 0.3) is 0 Å². The number of carbonyl (C=O) groups excluding carboxylic acids is 1. The Kier molecular flexibility index (Phi) is 21.6. The van der Waals surface area contributed by atoms with Crippen LogP contribution in [0.25, 0.3) is 0 Å². The summed E-state index contributed by atoms with van der Waals surface area (Å²) in [7, 11) is -9.42. The van der Waals surface area contributed by atoms with Gasteiger partial charge in [-0.15, -0.1) is 0 Å². The van der Waals surface area contributed by atoms with Gasteiger partial charge in [0.2, 0.25) is 0 Å². The summed E-state index contributed by atoms with van der Waals surface area (Å²) in [6, 6.07) is 0. The monoisotopic (exact) mass is 1360 g/mol. The molecular formula is C59H96O31S2. The van der Waals surface area contributed by atoms with Crippen LogP contribution in [-0.2, 0) is 90.8 Å². The maximum Gasteiger partial charge on any atom is 0.397 e. The van der Waals surface area contributed by atoms with Gasteiger partial charge in [-0.1, -0.05) is 59.6 Å². The van der Waals surface area contributed by atoms with Gasteiger partial charge in [-0.3, -0.25) is 13.9 Å². The average Bonchev–Trinajstić information content (AvgIpc) is 1.46. The molecule has 33 heteroatoms. The highest BCUT2D eigenvalue weighted by Crippen LogP contribution is 2.76. The molecule has 31 atom stereocenters. The van der Waals surface area contributed by atoms with Gasteiger partial charge in [0.05, 0.1) is 44.1 Å². The first-order valence-corrected chi connectivity index (χ1v) is 34.6. The molecule has 6 aliphatic heterocycles. The van der Waals surface area contributed by atoms with Crippen LogP contribution in [0.15, 0.2) is 11.6 Å². The number of allylic oxidation sites excluding steroid dienone is 2. The van der Waals surface area contributed by atoms with Crippen molar-refractivity contribution >= 4 is 26.8 Å². The minimum Gasteiger partial charge on any atom is -0.459 e. The quantitative estimate of drug-likeness (QED) is 0.0365. The van der Waals surface area contributed by atoms with Crippen molar-refractivity contribution in [3.63, 3.8) is 0 Å². The second-order valence-corrected chi connectivity index (χ2v) is 30.8. The number of aliphatic hydroxyl groups excluding tert-OH is 10. The van der Waals surface area contributed by atoms with Gasteiger partial charge in [0, 0.05) is 18.4 Å². The zero-order chi connectivity index (χ0) is 67.3. The number of hydrogen-bond acceptors (Lipinski definition) is 29. The van der Waals surface area contributed by atoms with Crippen molar-refractivity contribution in [2.45, 2.75) is 273 Å². The van der Waals surface area contributed by atoms with E-state index in [0.29, 0.717) is 31.6 Å². The number of cyclic esters (lactones) is 1. The van der Waals surface area contributed by atoms with Crippen LogP contribution in [0.3, 0.4) is 0 Å². The van der Waals surface area contributed by atoms with Crippen LogP contribution in [0, 0.1) is 45.3 Å². The third-order valence-electron chi connectivity index (χ3n) is 22.5. The molecule has 0 aromatic rings. The van der Waals surface area contributed by atoms with Crippen LogP contribution in [-0.4, -0.2) is 270 Å². The van der Waals surface area contributed by atoms with E-state index in [1.54, 1.807) is 0 Å². The van der Waals surface area contributed by atoms with Gasteiger partial charge in [0.1, 0.15) is 109 Å². The van der Waals surface area contributed by atoms with Crippen LogP contribution in [0.1, 0.15) is 120 Å². The predicted octanol–water partition coefficient (Wildman–Crippen LogP) is -1.19. The number of fused-ring (bicyclic) bond motifs is 4. The molecule has 9 fully saturated rings. The maximum absolute atomic E-state index is 14.5. The summed E-state index contributed by atoms with van der Waals surface area (Å²) in [6.07, 6.45) is -33.6. The topological polar surface area (TPSA) is 457 Å². The molecule has 0 aromatic carbocycles. The van der Waals surface area contributed by atoms with Crippen molar-refractivity contribution in [3.05, 3.63) is 11.6 Å². The highest BCUT2D eigenvalue weighted by atomic mass is 32.3. The lowest BCUT2D eigenvalue weighted by Crippen LogP contribution is -2.68. The Morgan fingerprint density at radius 2 is 1.25 bits per heavy atom. The number of aliphatic hydroxyl groups is 10. The average molecular weight is 1370 g/mol. The Morgan fingerprint density at radius 1 is 0.630 bits per heavy atom. The second kappa shape index (κ2) is 27.3. The van der Waals surface area contributed by atoms with Crippen LogP contribution >= 0.6 is 0 Å². The van der Waals surface area contributed by atoms with Crippen molar-refractivity contribution in [3.8, 4) is 0 Å². The fourth-order valence-corrected chi connectivity index (χ4v) is 18.5. The molecule has 6 saturated heterocycles. The van der Waals surface area contributed by atoms with Gasteiger partial charge in [-0.2, -0.15) is 16.8 Å². The van der Waals surface area contributed by atoms with E-state index >= 15 is 0 Å². The maximum atomic E-state index is 14.5. The normalized spacial score (nSPS) is 49.7. The number of methoxy groups -OCH3 is 1. The van der Waals surface area contributed by atoms with Crippen molar-refractivity contribution in [2.24, 2.45) is 45.3 Å². The molecular weight excluding hydrogens is 1270 g/mol. The minimum absolute atomic E-state index is 0.0222. The van der Waals surface area contributed by atoms with E-state index in [0.717, 1.165) is 45.6 Å². The lowest BCUT2D eigenvalue weighted by molar-refractivity contribution is -0.403. The van der Waals surface area contributed by atoms with Crippen LogP contribution in [0.5, 0.6) is 0 Å². The summed E-state index contributed by atoms with van der Waals surface area (Å²) in [5.41, 5.74) is -1.24. The van der Waals surface area contributed by atoms with E-state index in [-0.39, 0.29) is 29.1 Å². The molecule has 92 heavy (non-hydrogen) atoms. The third-order valence-corrected chi connectivity index (χ3v) is 23.4. The standard InChI is InChI=1S/C59H96O31S2/c1-25(2)11-10-17-58(8)34-15-19-57(7)28-12-13-33-55(4,5)35(16-18-56(33,6)27(28)14-20-59(34,57)54(70)89-58)84-52-47(39(65)32(23-79-52)90-92(74,75)76)88-53-48(87-49-40(66)36(62)29(61)22-78-49)41(67)44(26(3)81-53)85-51-43(69)46(38(64)31(83-51)24-80-91(71,72)73)86-50-42(68)45(77-9)37(63)30(21-60)82-50/h12,25-27,29-53,60-69H,10-11,13-24H2,1-9H3,(H,71,72,73)(H,74,75,76)/t26-,27+,29-,30-,31-,32-,33-,34-,35+,36+,37-,38-,39+,40-,41+,42-,43-,44-,45+,46+,47-,48-,49+,50+,51+,52+,53+,56-,57+,58+,59-/m1/s1. The molecule has 0 unspecified atom stereocenters. The molecule has 12 N–H and O–H groups in total. The highest BCUT2D eigenvalue weighted by molar-refractivity contribution is 7.81. The van der Waals surface area contributed by atoms with Gasteiger partial charge < -0.3 is 108 Å².